The van der Waals surface area contributed by atoms with E-state index in [9.17, 15) is 0 Å². The maximum absolute atomic E-state index is 4.07. The second kappa shape index (κ2) is 1.47. The van der Waals surface area contributed by atoms with E-state index in [1.165, 1.54) is 12.8 Å². The molecule has 1 aliphatic heterocycles. The van der Waals surface area contributed by atoms with Crippen LogP contribution in [0.4, 0.5) is 0 Å². The Labute approximate surface area is 49.0 Å². The number of hydrogen-bond acceptors (Lipinski definition) is 1. The molecule has 2 aliphatic rings. The average Bonchev–Trinajstić information content (AvgIpc) is 2.49. The molecule has 0 aromatic carbocycles. The molecule has 2 nitrogen and oxygen atoms in total. The van der Waals surface area contributed by atoms with E-state index in [-0.39, 0.29) is 0 Å². The molecule has 1 atom stereocenters. The van der Waals surface area contributed by atoms with Crippen LogP contribution in [0, 0.1) is 5.92 Å². The first-order valence-electron chi connectivity index (χ1n) is 3.18. The molecule has 0 aromatic heterocycles. The van der Waals surface area contributed by atoms with Crippen molar-refractivity contribution in [3.8, 4) is 0 Å². The maximum atomic E-state index is 4.07. The molecule has 2 rings (SSSR count). The van der Waals surface area contributed by atoms with Crippen LogP contribution in [-0.2, 0) is 0 Å². The molecule has 0 spiro atoms. The Morgan fingerprint density at radius 1 is 1.38 bits per heavy atom. The lowest BCUT2D eigenvalue weighted by Crippen LogP contribution is -2.14. The molecule has 0 N–H and O–H groups in total. The quantitative estimate of drug-likeness (QED) is 0.475. The van der Waals surface area contributed by atoms with Gasteiger partial charge >= 0.3 is 0 Å². The Morgan fingerprint density at radius 3 is 2.75 bits per heavy atom. The van der Waals surface area contributed by atoms with Crippen molar-refractivity contribution in [3.05, 3.63) is 0 Å². The predicted octanol–water partition coefficient (Wildman–Crippen LogP) is 0.759. The third-order valence-electron chi connectivity index (χ3n) is 1.81. The molecule has 1 radical (unpaired) electrons. The van der Waals surface area contributed by atoms with Gasteiger partial charge in [0, 0.05) is 12.6 Å². The molecule has 43 valence electrons. The summed E-state index contributed by atoms with van der Waals surface area (Å²) in [6, 6.07) is 0.579. The zero-order valence-corrected chi connectivity index (χ0v) is 4.75. The summed E-state index contributed by atoms with van der Waals surface area (Å²) < 4.78 is 0. The van der Waals surface area contributed by atoms with Gasteiger partial charge in [-0.1, -0.05) is 0 Å². The zero-order valence-electron chi connectivity index (χ0n) is 4.75. The molecule has 0 amide bonds. The summed E-state index contributed by atoms with van der Waals surface area (Å²) in [6.45, 7) is 0. The highest BCUT2D eigenvalue weighted by atomic mass is 15.3. The summed E-state index contributed by atoms with van der Waals surface area (Å²) in [5.41, 5.74) is 4.07. The van der Waals surface area contributed by atoms with Crippen molar-refractivity contribution in [1.82, 2.24) is 5.43 Å². The monoisotopic (exact) mass is 109 g/mol. The Bertz CT molecular complexity index is 108. The molecule has 1 saturated carbocycles. The van der Waals surface area contributed by atoms with Crippen molar-refractivity contribution in [2.45, 2.75) is 25.3 Å². The minimum absolute atomic E-state index is 0.579. The lowest BCUT2D eigenvalue weighted by Gasteiger charge is -2.00. The van der Waals surface area contributed by atoms with Crippen LogP contribution >= 0.6 is 0 Å². The maximum Gasteiger partial charge on any atom is 0.0790 e. The molecule has 1 unspecified atom stereocenters. The van der Waals surface area contributed by atoms with Crippen LogP contribution in [0.15, 0.2) is 5.10 Å². The van der Waals surface area contributed by atoms with Crippen molar-refractivity contribution in [3.63, 3.8) is 0 Å². The van der Waals surface area contributed by atoms with Gasteiger partial charge in [-0.25, -0.2) is 0 Å². The van der Waals surface area contributed by atoms with Gasteiger partial charge in [-0.2, -0.15) is 10.5 Å². The fourth-order valence-corrected chi connectivity index (χ4v) is 1.10. The van der Waals surface area contributed by atoms with E-state index in [1.807, 2.05) is 6.21 Å². The van der Waals surface area contributed by atoms with Gasteiger partial charge in [0.05, 0.1) is 6.04 Å². The van der Waals surface area contributed by atoms with Gasteiger partial charge in [-0.3, -0.25) is 0 Å². The first kappa shape index (κ1) is 4.36. The van der Waals surface area contributed by atoms with E-state index in [4.69, 9.17) is 0 Å². The minimum Gasteiger partial charge on any atom is -0.186 e. The first-order chi connectivity index (χ1) is 3.97. The van der Waals surface area contributed by atoms with Crippen LogP contribution in [0.1, 0.15) is 19.3 Å². The number of nitrogens with zero attached hydrogens (tertiary/aromatic N) is 2. The van der Waals surface area contributed by atoms with Crippen LogP contribution in [0.2, 0.25) is 0 Å². The molecule has 1 aliphatic carbocycles. The summed E-state index contributed by atoms with van der Waals surface area (Å²) in [7, 11) is 0. The predicted molar refractivity (Wildman–Crippen MR) is 31.8 cm³/mol. The second-order valence-electron chi connectivity index (χ2n) is 2.55. The largest absolute Gasteiger partial charge is 0.186 e. The van der Waals surface area contributed by atoms with Gasteiger partial charge in [0.1, 0.15) is 0 Å². The third-order valence-corrected chi connectivity index (χ3v) is 1.81. The van der Waals surface area contributed by atoms with E-state index >= 15 is 0 Å². The molecular formula is C6H9N2. The van der Waals surface area contributed by atoms with Crippen molar-refractivity contribution >= 4 is 6.21 Å². The normalized spacial score (nSPS) is 35.2. The molecule has 0 aromatic rings. The topological polar surface area (TPSA) is 26.5 Å². The van der Waals surface area contributed by atoms with Crippen LogP contribution in [0.5, 0.6) is 0 Å². The van der Waals surface area contributed by atoms with E-state index < -0.39 is 0 Å². The summed E-state index contributed by atoms with van der Waals surface area (Å²) in [5, 5.41) is 3.83. The van der Waals surface area contributed by atoms with Gasteiger partial charge in [-0.15, -0.1) is 0 Å². The highest BCUT2D eigenvalue weighted by molar-refractivity contribution is 5.59. The fourth-order valence-electron chi connectivity index (χ4n) is 1.10. The van der Waals surface area contributed by atoms with Gasteiger partial charge < -0.3 is 0 Å². The van der Waals surface area contributed by atoms with E-state index in [2.05, 4.69) is 10.5 Å². The highest BCUT2D eigenvalue weighted by Crippen LogP contribution is 2.35. The Kier molecular flexibility index (Phi) is 0.802. The summed E-state index contributed by atoms with van der Waals surface area (Å²) in [4.78, 5) is 0. The van der Waals surface area contributed by atoms with E-state index in [1.54, 1.807) is 0 Å². The smallest absolute Gasteiger partial charge is 0.0790 e. The van der Waals surface area contributed by atoms with E-state index in [0.717, 1.165) is 12.3 Å². The van der Waals surface area contributed by atoms with Crippen LogP contribution in [0.3, 0.4) is 0 Å². The van der Waals surface area contributed by atoms with Crippen LogP contribution in [0.25, 0.3) is 0 Å². The molecule has 0 saturated heterocycles. The number of hydrogen-bond donors (Lipinski definition) is 0. The Hall–Kier alpha value is -0.530. The van der Waals surface area contributed by atoms with Crippen LogP contribution in [-0.4, -0.2) is 12.3 Å². The third kappa shape index (κ3) is 0.602. The van der Waals surface area contributed by atoms with Crippen molar-refractivity contribution in [2.75, 3.05) is 0 Å². The van der Waals surface area contributed by atoms with Gasteiger partial charge in [-0.05, 0) is 18.8 Å². The summed E-state index contributed by atoms with van der Waals surface area (Å²) in [6.07, 6.45) is 5.79. The van der Waals surface area contributed by atoms with Crippen molar-refractivity contribution in [2.24, 2.45) is 11.0 Å². The van der Waals surface area contributed by atoms with Crippen molar-refractivity contribution in [1.29, 1.82) is 0 Å². The van der Waals surface area contributed by atoms with Gasteiger partial charge in [0.25, 0.3) is 0 Å². The van der Waals surface area contributed by atoms with Gasteiger partial charge in [0.2, 0.25) is 0 Å². The van der Waals surface area contributed by atoms with Gasteiger partial charge in [0.15, 0.2) is 0 Å². The van der Waals surface area contributed by atoms with E-state index in [0.29, 0.717) is 6.04 Å². The molecule has 1 heterocycles. The zero-order chi connectivity index (χ0) is 5.40. The van der Waals surface area contributed by atoms with Crippen molar-refractivity contribution < 1.29 is 0 Å². The SMILES string of the molecule is C1=N[N]C(C2CC2)C1. The fraction of sp³-hybridized carbons (Fsp3) is 0.833. The van der Waals surface area contributed by atoms with Crippen LogP contribution < -0.4 is 5.43 Å². The summed E-state index contributed by atoms with van der Waals surface area (Å²) in [5.74, 6) is 0.900. The highest BCUT2D eigenvalue weighted by Gasteiger charge is 2.33. The standard InChI is InChI=1S/C6H9N2/c1-2-5(1)6-3-4-7-8-6/h4-6H,1-3H2. The Morgan fingerprint density at radius 2 is 2.25 bits per heavy atom. The lowest BCUT2D eigenvalue weighted by atomic mass is 10.1. The molecule has 2 heteroatoms. The molecule has 8 heavy (non-hydrogen) atoms. The first-order valence-corrected chi connectivity index (χ1v) is 3.18. The molecular weight excluding hydrogens is 100 g/mol. The molecule has 0 bridgehead atoms. The number of rotatable bonds is 1. The second-order valence-corrected chi connectivity index (χ2v) is 2.55. The molecule has 1 fully saturated rings. The minimum atomic E-state index is 0.579. The Balaban J connectivity index is 1.90. The summed E-state index contributed by atoms with van der Waals surface area (Å²) >= 11 is 0. The lowest BCUT2D eigenvalue weighted by molar-refractivity contribution is 0.513. The average molecular weight is 109 g/mol.